The van der Waals surface area contributed by atoms with Crippen LogP contribution in [0.25, 0.3) is 0 Å². The molecule has 1 aromatic heterocycles. The normalized spacial score (nSPS) is 16.0. The van der Waals surface area contributed by atoms with Gasteiger partial charge in [0.05, 0.1) is 16.5 Å². The Hall–Kier alpha value is -3.21. The summed E-state index contributed by atoms with van der Waals surface area (Å²) in [5, 5.41) is 14.2. The van der Waals surface area contributed by atoms with E-state index in [9.17, 15) is 5.11 Å². The van der Waals surface area contributed by atoms with E-state index in [0.717, 1.165) is 28.0 Å². The molecule has 1 aliphatic heterocycles. The van der Waals surface area contributed by atoms with Crippen LogP contribution in [0.4, 0.5) is 0 Å². The van der Waals surface area contributed by atoms with Crippen LogP contribution in [-0.2, 0) is 16.8 Å². The van der Waals surface area contributed by atoms with Crippen molar-refractivity contribution >= 4 is 17.2 Å². The Kier molecular flexibility index (Phi) is 5.41. The van der Waals surface area contributed by atoms with Crippen molar-refractivity contribution < 1.29 is 9.84 Å². The van der Waals surface area contributed by atoms with E-state index in [1.54, 1.807) is 0 Å². The van der Waals surface area contributed by atoms with E-state index < -0.39 is 5.60 Å². The molecule has 4 aromatic rings. The standard InChI is InChI=1S/C27H23NO2S/c29-27(21-12-6-2-7-13-21,22-14-8-3-9-15-22)25-24(16-17-31-25)26-28-23(19-30-26)18-20-10-4-1-5-11-20/h1-17,23,29H,18-19H2/t23-/m0/s1. The van der Waals surface area contributed by atoms with E-state index in [1.165, 1.54) is 16.9 Å². The molecule has 0 saturated carbocycles. The summed E-state index contributed by atoms with van der Waals surface area (Å²) in [6.45, 7) is 0.550. The SMILES string of the molecule is OC(c1ccccc1)(c1ccccc1)c1sccc1C1=N[C@@H](Cc2ccccc2)CO1. The Labute approximate surface area is 186 Å². The van der Waals surface area contributed by atoms with Crippen LogP contribution in [0, 0.1) is 0 Å². The molecule has 2 heterocycles. The van der Waals surface area contributed by atoms with Crippen LogP contribution in [0.3, 0.4) is 0 Å². The fourth-order valence-corrected chi connectivity index (χ4v) is 5.13. The first kappa shape index (κ1) is 19.7. The quantitative estimate of drug-likeness (QED) is 0.448. The number of aliphatic hydroxyl groups is 1. The number of hydrogen-bond donors (Lipinski definition) is 1. The van der Waals surface area contributed by atoms with Crippen molar-refractivity contribution in [1.29, 1.82) is 0 Å². The second kappa shape index (κ2) is 8.50. The summed E-state index contributed by atoms with van der Waals surface area (Å²) in [7, 11) is 0. The lowest BCUT2D eigenvalue weighted by atomic mass is 9.83. The minimum Gasteiger partial charge on any atom is -0.475 e. The lowest BCUT2D eigenvalue weighted by molar-refractivity contribution is 0.129. The molecule has 5 rings (SSSR count). The Morgan fingerprint density at radius 1 is 0.839 bits per heavy atom. The average Bonchev–Trinajstić information content (AvgIpc) is 3.50. The third-order valence-corrected chi connectivity index (χ3v) is 6.66. The van der Waals surface area contributed by atoms with Gasteiger partial charge in [0.15, 0.2) is 0 Å². The molecule has 0 bridgehead atoms. The number of aliphatic imine (C=N–C) groups is 1. The number of ether oxygens (including phenoxy) is 1. The van der Waals surface area contributed by atoms with Crippen molar-refractivity contribution in [3.05, 3.63) is 130 Å². The molecule has 31 heavy (non-hydrogen) atoms. The molecule has 1 N–H and O–H groups in total. The van der Waals surface area contributed by atoms with Gasteiger partial charge in [-0.3, -0.25) is 0 Å². The van der Waals surface area contributed by atoms with Gasteiger partial charge in [-0.2, -0.15) is 0 Å². The molecular formula is C27H23NO2S. The van der Waals surface area contributed by atoms with E-state index in [-0.39, 0.29) is 6.04 Å². The van der Waals surface area contributed by atoms with Gasteiger partial charge in [0.25, 0.3) is 0 Å². The minimum atomic E-state index is -1.28. The second-order valence-electron chi connectivity index (χ2n) is 7.69. The molecule has 1 atom stereocenters. The maximum absolute atomic E-state index is 12.2. The molecule has 0 aliphatic carbocycles. The fraction of sp³-hybridized carbons (Fsp3) is 0.148. The Morgan fingerprint density at radius 2 is 1.42 bits per heavy atom. The monoisotopic (exact) mass is 425 g/mol. The van der Waals surface area contributed by atoms with Crippen molar-refractivity contribution in [3.8, 4) is 0 Å². The van der Waals surface area contributed by atoms with Crippen molar-refractivity contribution in [1.82, 2.24) is 0 Å². The second-order valence-corrected chi connectivity index (χ2v) is 8.61. The lowest BCUT2D eigenvalue weighted by Crippen LogP contribution is -2.29. The summed E-state index contributed by atoms with van der Waals surface area (Å²) in [5.41, 5.74) is 2.47. The van der Waals surface area contributed by atoms with Crippen molar-refractivity contribution in [2.45, 2.75) is 18.1 Å². The fourth-order valence-electron chi connectivity index (χ4n) is 4.10. The first-order valence-corrected chi connectivity index (χ1v) is 11.3. The molecular weight excluding hydrogens is 402 g/mol. The molecule has 1 aliphatic rings. The van der Waals surface area contributed by atoms with E-state index >= 15 is 0 Å². The van der Waals surface area contributed by atoms with Crippen LogP contribution < -0.4 is 0 Å². The topological polar surface area (TPSA) is 41.8 Å². The molecule has 3 aromatic carbocycles. The zero-order valence-electron chi connectivity index (χ0n) is 17.0. The number of thiophene rings is 1. The predicted octanol–water partition coefficient (Wildman–Crippen LogP) is 5.42. The van der Waals surface area contributed by atoms with Crippen LogP contribution in [0.1, 0.15) is 27.1 Å². The molecule has 0 amide bonds. The van der Waals surface area contributed by atoms with Gasteiger partial charge in [-0.25, -0.2) is 4.99 Å². The van der Waals surface area contributed by atoms with E-state index in [4.69, 9.17) is 9.73 Å². The molecule has 4 heteroatoms. The molecule has 3 nitrogen and oxygen atoms in total. The van der Waals surface area contributed by atoms with Gasteiger partial charge in [-0.05, 0) is 34.6 Å². The number of benzene rings is 3. The zero-order chi connectivity index (χ0) is 21.1. The smallest absolute Gasteiger partial charge is 0.217 e. The van der Waals surface area contributed by atoms with Gasteiger partial charge < -0.3 is 9.84 Å². The van der Waals surface area contributed by atoms with Crippen molar-refractivity contribution in [2.75, 3.05) is 6.61 Å². The van der Waals surface area contributed by atoms with Gasteiger partial charge in [0.2, 0.25) is 5.90 Å². The van der Waals surface area contributed by atoms with Crippen LogP contribution in [0.15, 0.2) is 107 Å². The number of rotatable bonds is 6. The van der Waals surface area contributed by atoms with Crippen molar-refractivity contribution in [2.24, 2.45) is 4.99 Å². The van der Waals surface area contributed by atoms with Gasteiger partial charge in [-0.15, -0.1) is 11.3 Å². The summed E-state index contributed by atoms with van der Waals surface area (Å²) in [4.78, 5) is 5.70. The largest absolute Gasteiger partial charge is 0.475 e. The summed E-state index contributed by atoms with van der Waals surface area (Å²) in [6.07, 6.45) is 0.839. The number of hydrogen-bond acceptors (Lipinski definition) is 4. The number of nitrogens with zero attached hydrogens (tertiary/aromatic N) is 1. The van der Waals surface area contributed by atoms with Crippen LogP contribution in [-0.4, -0.2) is 23.7 Å². The van der Waals surface area contributed by atoms with E-state index in [1.807, 2.05) is 90.3 Å². The highest BCUT2D eigenvalue weighted by molar-refractivity contribution is 7.10. The van der Waals surface area contributed by atoms with Gasteiger partial charge in [0.1, 0.15) is 12.2 Å². The molecule has 0 unspecified atom stereocenters. The highest BCUT2D eigenvalue weighted by Crippen LogP contribution is 2.41. The molecule has 0 saturated heterocycles. The van der Waals surface area contributed by atoms with E-state index in [0.29, 0.717) is 12.5 Å². The van der Waals surface area contributed by atoms with Crippen LogP contribution >= 0.6 is 11.3 Å². The molecule has 0 fully saturated rings. The molecule has 0 spiro atoms. The van der Waals surface area contributed by atoms with Gasteiger partial charge in [0, 0.05) is 0 Å². The Bertz CT molecular complexity index is 1130. The van der Waals surface area contributed by atoms with Gasteiger partial charge >= 0.3 is 0 Å². The van der Waals surface area contributed by atoms with Crippen molar-refractivity contribution in [3.63, 3.8) is 0 Å². The highest BCUT2D eigenvalue weighted by atomic mass is 32.1. The van der Waals surface area contributed by atoms with E-state index in [2.05, 4.69) is 12.1 Å². The average molecular weight is 426 g/mol. The first-order valence-electron chi connectivity index (χ1n) is 10.4. The lowest BCUT2D eigenvalue weighted by Gasteiger charge is -2.29. The summed E-state index contributed by atoms with van der Waals surface area (Å²) in [6, 6.07) is 32.0. The summed E-state index contributed by atoms with van der Waals surface area (Å²) >= 11 is 1.53. The van der Waals surface area contributed by atoms with Gasteiger partial charge in [-0.1, -0.05) is 91.0 Å². The highest BCUT2D eigenvalue weighted by Gasteiger charge is 2.39. The zero-order valence-corrected chi connectivity index (χ0v) is 17.8. The molecule has 0 radical (unpaired) electrons. The van der Waals surface area contributed by atoms with Crippen LogP contribution in [0.2, 0.25) is 0 Å². The Balaban J connectivity index is 1.54. The summed E-state index contributed by atoms with van der Waals surface area (Å²) < 4.78 is 6.04. The third-order valence-electron chi connectivity index (χ3n) is 5.63. The molecule has 154 valence electrons. The minimum absolute atomic E-state index is 0.0756. The maximum atomic E-state index is 12.2. The van der Waals surface area contributed by atoms with Crippen LogP contribution in [0.5, 0.6) is 0 Å². The third kappa shape index (κ3) is 3.80. The predicted molar refractivity (Wildman–Crippen MR) is 126 cm³/mol. The summed E-state index contributed by atoms with van der Waals surface area (Å²) in [5.74, 6) is 0.613. The Morgan fingerprint density at radius 3 is 2.03 bits per heavy atom. The first-order chi connectivity index (χ1) is 15.2. The maximum Gasteiger partial charge on any atom is 0.217 e.